The molecule has 2 aromatic rings. The molecular weight excluding hydrogens is 506 g/mol. The largest absolute Gasteiger partial charge is 0.474 e. The van der Waals surface area contributed by atoms with Gasteiger partial charge < -0.3 is 19.7 Å². The van der Waals surface area contributed by atoms with Crippen LogP contribution < -0.4 is 10.1 Å². The van der Waals surface area contributed by atoms with Crippen LogP contribution in [0.15, 0.2) is 39.7 Å². The summed E-state index contributed by atoms with van der Waals surface area (Å²) in [6.45, 7) is 2.69. The minimum atomic E-state index is -5.21. The molecule has 1 aromatic carbocycles. The smallest absolute Gasteiger partial charge is 0.471 e. The number of aromatic nitrogens is 2. The minimum Gasteiger partial charge on any atom is -0.471 e. The Labute approximate surface area is 196 Å². The maximum Gasteiger partial charge on any atom is 0.474 e. The molecule has 1 heterocycles. The summed E-state index contributed by atoms with van der Waals surface area (Å²) in [6, 6.07) is 5.21. The van der Waals surface area contributed by atoms with E-state index in [1.54, 1.807) is 0 Å². The molecule has 2 atom stereocenters. The number of nitrogens with zero attached hydrogens (tertiary/aromatic N) is 3. The second kappa shape index (κ2) is 9.70. The number of carbonyl (C=O) groups excluding carboxylic acids is 1. The van der Waals surface area contributed by atoms with Crippen LogP contribution in [-0.4, -0.2) is 49.2 Å². The first kappa shape index (κ1) is 26.8. The Morgan fingerprint density at radius 2 is 1.77 bits per heavy atom. The fraction of sp³-hybridized carbons (Fsp3) is 0.450. The summed E-state index contributed by atoms with van der Waals surface area (Å²) in [5.74, 6) is -3.46. The number of benzene rings is 1. The average Bonchev–Trinajstić information content (AvgIpc) is 3.58. The number of hydrogen-bond acceptors (Lipinski definition) is 6. The lowest BCUT2D eigenvalue weighted by Gasteiger charge is -2.24. The molecule has 0 radical (unpaired) electrons. The number of hydrogen-bond donors (Lipinski definition) is 4. The van der Waals surface area contributed by atoms with Crippen molar-refractivity contribution in [2.75, 3.05) is 5.32 Å². The normalized spacial score (nSPS) is 16.9. The Bertz CT molecular complexity index is 1130. The number of nitrogens with one attached hydrogen (secondary N) is 1. The van der Waals surface area contributed by atoms with E-state index in [0.717, 1.165) is 0 Å². The van der Waals surface area contributed by atoms with Crippen molar-refractivity contribution < 1.29 is 45.5 Å². The van der Waals surface area contributed by atoms with E-state index in [0.29, 0.717) is 19.0 Å². The van der Waals surface area contributed by atoms with Crippen molar-refractivity contribution in [3.05, 3.63) is 36.0 Å². The van der Waals surface area contributed by atoms with E-state index in [4.69, 9.17) is 4.74 Å². The standard InChI is InChI=1S/C20H22F6N4O4S/c1-10(31)11(2)34-16-15(19(21,22)23)9-27-18(29-16)28-12-3-5-13(6-4-12)35(33,14-7-8-14)30-17(32)20(24,25)26/h3-6,9-11,14,31,35H,7-8H2,1-2H3,(H,27,28,29)(H,30,32,33)/t10-,11-/m1/s1. The zero-order valence-corrected chi connectivity index (χ0v) is 19.2. The van der Waals surface area contributed by atoms with Crippen molar-refractivity contribution in [1.82, 2.24) is 9.97 Å². The summed E-state index contributed by atoms with van der Waals surface area (Å²) in [5.41, 5.74) is -1.02. The summed E-state index contributed by atoms with van der Waals surface area (Å²) in [7, 11) is -3.77. The number of halogens is 6. The highest BCUT2D eigenvalue weighted by Gasteiger charge is 2.43. The number of anilines is 2. The zero-order chi connectivity index (χ0) is 26.2. The Morgan fingerprint density at radius 3 is 2.26 bits per heavy atom. The van der Waals surface area contributed by atoms with Gasteiger partial charge in [0.1, 0.15) is 11.7 Å². The van der Waals surface area contributed by atoms with Gasteiger partial charge in [-0.15, -0.1) is 0 Å². The van der Waals surface area contributed by atoms with Gasteiger partial charge in [-0.1, -0.05) is 10.1 Å². The van der Waals surface area contributed by atoms with Crippen LogP contribution in [0.1, 0.15) is 32.3 Å². The number of thiol groups is 1. The van der Waals surface area contributed by atoms with Crippen LogP contribution in [0.5, 0.6) is 5.88 Å². The van der Waals surface area contributed by atoms with Crippen LogP contribution >= 0.6 is 0 Å². The number of carbonyl (C=O) groups is 1. The average molecular weight is 528 g/mol. The lowest BCUT2D eigenvalue weighted by molar-refractivity contribution is -0.169. The quantitative estimate of drug-likeness (QED) is 0.308. The number of ether oxygens (including phenoxy) is 1. The van der Waals surface area contributed by atoms with E-state index < -0.39 is 57.3 Å². The topological polar surface area (TPSA) is 117 Å². The van der Waals surface area contributed by atoms with E-state index in [9.17, 15) is 40.8 Å². The zero-order valence-electron chi connectivity index (χ0n) is 18.3. The number of aliphatic hydroxyl groups is 1. The summed E-state index contributed by atoms with van der Waals surface area (Å²) >= 11 is 0. The Hall–Kier alpha value is -2.78. The molecule has 35 heavy (non-hydrogen) atoms. The van der Waals surface area contributed by atoms with Gasteiger partial charge in [-0.25, -0.2) is 4.98 Å². The van der Waals surface area contributed by atoms with Crippen molar-refractivity contribution in [1.29, 1.82) is 0 Å². The van der Waals surface area contributed by atoms with Crippen LogP contribution in [-0.2, 0) is 21.1 Å². The van der Waals surface area contributed by atoms with Gasteiger partial charge in [0.2, 0.25) is 11.8 Å². The number of rotatable bonds is 7. The highest BCUT2D eigenvalue weighted by molar-refractivity contribution is 8.01. The van der Waals surface area contributed by atoms with Gasteiger partial charge >= 0.3 is 18.3 Å². The van der Waals surface area contributed by atoms with Crippen molar-refractivity contribution in [2.45, 2.75) is 61.4 Å². The van der Waals surface area contributed by atoms with Crippen molar-refractivity contribution in [2.24, 2.45) is 4.36 Å². The van der Waals surface area contributed by atoms with Crippen LogP contribution in [0.25, 0.3) is 0 Å². The van der Waals surface area contributed by atoms with Crippen LogP contribution in [0.3, 0.4) is 0 Å². The Morgan fingerprint density at radius 1 is 1.17 bits per heavy atom. The number of aliphatic hydroxyl groups excluding tert-OH is 1. The third-order valence-corrected chi connectivity index (χ3v) is 8.16. The molecule has 8 nitrogen and oxygen atoms in total. The van der Waals surface area contributed by atoms with E-state index in [1.807, 2.05) is 0 Å². The lowest BCUT2D eigenvalue weighted by atomic mass is 10.2. The molecule has 1 aliphatic rings. The van der Waals surface area contributed by atoms with Crippen LogP contribution in [0.4, 0.5) is 38.0 Å². The van der Waals surface area contributed by atoms with Gasteiger partial charge in [0.05, 0.1) is 6.10 Å². The summed E-state index contributed by atoms with van der Waals surface area (Å²) < 4.78 is 97.0. The molecule has 0 spiro atoms. The van der Waals surface area contributed by atoms with Gasteiger partial charge in [-0.05, 0) is 51.0 Å². The first-order valence-corrected chi connectivity index (χ1v) is 12.0. The SMILES string of the molecule is C[C@@H](O)[C@@H](C)Oc1nc(Nc2ccc([SH](O)(=NC(=O)C(F)(F)F)C3CC3)cc2)ncc1C(F)(F)F. The third kappa shape index (κ3) is 6.46. The minimum absolute atomic E-state index is 0.0475. The van der Waals surface area contributed by atoms with Gasteiger partial charge in [-0.2, -0.15) is 35.7 Å². The predicted molar refractivity (Wildman–Crippen MR) is 115 cm³/mol. The molecule has 0 bridgehead atoms. The van der Waals surface area contributed by atoms with E-state index >= 15 is 0 Å². The molecule has 1 saturated carbocycles. The van der Waals surface area contributed by atoms with Gasteiger partial charge in [0.25, 0.3) is 0 Å². The molecule has 15 heteroatoms. The van der Waals surface area contributed by atoms with E-state index in [1.165, 1.54) is 38.1 Å². The first-order valence-electron chi connectivity index (χ1n) is 10.2. The monoisotopic (exact) mass is 528 g/mol. The third-order valence-electron chi connectivity index (χ3n) is 5.08. The Kier molecular flexibility index (Phi) is 7.43. The molecule has 1 aromatic heterocycles. The van der Waals surface area contributed by atoms with Crippen molar-refractivity contribution >= 4 is 27.6 Å². The molecule has 0 unspecified atom stereocenters. The molecule has 3 rings (SSSR count). The van der Waals surface area contributed by atoms with E-state index in [2.05, 4.69) is 19.6 Å². The van der Waals surface area contributed by atoms with Crippen molar-refractivity contribution in [3.63, 3.8) is 0 Å². The first-order chi connectivity index (χ1) is 16.1. The maximum atomic E-state index is 13.3. The van der Waals surface area contributed by atoms with Gasteiger partial charge in [0.15, 0.2) is 0 Å². The van der Waals surface area contributed by atoms with Gasteiger partial charge in [-0.3, -0.25) is 4.79 Å². The fourth-order valence-electron chi connectivity index (χ4n) is 2.86. The second-order valence-electron chi connectivity index (χ2n) is 7.93. The molecule has 1 aliphatic carbocycles. The predicted octanol–water partition coefficient (Wildman–Crippen LogP) is 4.54. The van der Waals surface area contributed by atoms with Crippen LogP contribution in [0, 0.1) is 0 Å². The molecule has 3 N–H and O–H groups in total. The summed E-state index contributed by atoms with van der Waals surface area (Å²) in [5, 5.41) is 11.6. The highest BCUT2D eigenvalue weighted by atomic mass is 32.3. The fourth-order valence-corrected chi connectivity index (χ4v) is 5.41. The van der Waals surface area contributed by atoms with Gasteiger partial charge in [0, 0.05) is 22.0 Å². The highest BCUT2D eigenvalue weighted by Crippen LogP contribution is 2.41. The molecule has 194 valence electrons. The van der Waals surface area contributed by atoms with E-state index in [-0.39, 0.29) is 16.5 Å². The Balaban J connectivity index is 1.88. The van der Waals surface area contributed by atoms with Crippen molar-refractivity contribution in [3.8, 4) is 5.88 Å². The maximum absolute atomic E-state index is 13.3. The number of amides is 1. The summed E-state index contributed by atoms with van der Waals surface area (Å²) in [6.07, 6.45) is -10.8. The van der Waals surface area contributed by atoms with Crippen LogP contribution in [0.2, 0.25) is 0 Å². The second-order valence-corrected chi connectivity index (χ2v) is 10.7. The lowest BCUT2D eigenvalue weighted by Crippen LogP contribution is -2.27. The molecular formula is C20H22F6N4O4S. The molecule has 0 saturated heterocycles. The summed E-state index contributed by atoms with van der Waals surface area (Å²) in [4.78, 5) is 18.8. The molecule has 1 amide bonds. The molecule has 1 fully saturated rings. The number of alkyl halides is 6. The molecule has 0 aliphatic heterocycles.